The van der Waals surface area contributed by atoms with E-state index in [1.165, 1.54) is 26.0 Å². The Balaban J connectivity index is 1.30. The highest BCUT2D eigenvalue weighted by Crippen LogP contribution is 2.34. The van der Waals surface area contributed by atoms with Gasteiger partial charge in [-0.05, 0) is 160 Å². The molecule has 4 rings (SSSR count). The lowest BCUT2D eigenvalue weighted by molar-refractivity contribution is -0.142. The minimum atomic E-state index is -2.03. The first-order valence-electron chi connectivity index (χ1n) is 48.0. The summed E-state index contributed by atoms with van der Waals surface area (Å²) in [6.45, 7) is 15.3. The van der Waals surface area contributed by atoms with E-state index in [1.807, 2.05) is 11.8 Å². The lowest BCUT2D eigenvalue weighted by Gasteiger charge is -2.34. The zero-order chi connectivity index (χ0) is 101. The van der Waals surface area contributed by atoms with Gasteiger partial charge >= 0.3 is 12.0 Å². The molecule has 137 heavy (non-hydrogen) atoms. The van der Waals surface area contributed by atoms with Crippen molar-refractivity contribution in [3.63, 3.8) is 0 Å². The van der Waals surface area contributed by atoms with E-state index in [-0.39, 0.29) is 139 Å². The minimum Gasteiger partial charge on any atom is -0.508 e. The van der Waals surface area contributed by atoms with Gasteiger partial charge in [0.15, 0.2) is 11.6 Å². The number of benzene rings is 1. The van der Waals surface area contributed by atoms with Crippen LogP contribution in [-0.2, 0) is 116 Å². The zero-order valence-corrected chi connectivity index (χ0v) is 81.6. The minimum absolute atomic E-state index is 0.00949. The summed E-state index contributed by atoms with van der Waals surface area (Å²) >= 11 is 1.89. The van der Waals surface area contributed by atoms with E-state index < -0.39 is 205 Å². The number of Topliss-reactive ketones (excluding diaryl/α,β-unsaturated/α-hetero) is 3. The van der Waals surface area contributed by atoms with Crippen molar-refractivity contribution in [2.75, 3.05) is 125 Å². The molecular formula is C93H155N15O28S. The number of aliphatic carboxylic acids is 1. The molecule has 23 N–H and O–H groups in total. The number of carboxylic acids is 1. The number of ether oxygens (including phenoxy) is 8. The second-order valence-electron chi connectivity index (χ2n) is 35.4. The second-order valence-corrected chi connectivity index (χ2v) is 36.7. The molecule has 1 aromatic rings. The summed E-state index contributed by atoms with van der Waals surface area (Å²) in [6, 6.07) is -6.03. The van der Waals surface area contributed by atoms with Crippen molar-refractivity contribution < 1.29 is 135 Å². The molecule has 0 bridgehead atoms. The highest BCUT2D eigenvalue weighted by molar-refractivity contribution is 8.00. The van der Waals surface area contributed by atoms with Gasteiger partial charge in [0.1, 0.15) is 52.8 Å². The molecule has 2 saturated heterocycles. The third-order valence-electron chi connectivity index (χ3n) is 24.0. The summed E-state index contributed by atoms with van der Waals surface area (Å²) in [5.41, 5.74) is 19.8. The van der Waals surface area contributed by atoms with E-state index in [1.54, 1.807) is 52.0 Å². The number of aromatic hydroxyl groups is 1. The van der Waals surface area contributed by atoms with E-state index in [2.05, 4.69) is 58.5 Å². The summed E-state index contributed by atoms with van der Waals surface area (Å²) in [5.74, 6) is -15.6. The van der Waals surface area contributed by atoms with Crippen LogP contribution < -0.4 is 81.4 Å². The molecule has 776 valence electrons. The number of fused-ring (bicyclic) bond motifs is 1. The number of carbonyl (C=O) groups excluding carboxylic acids is 15. The Kier molecular flexibility index (Phi) is 58.6. The molecule has 0 radical (unpaired) electrons. The van der Waals surface area contributed by atoms with Gasteiger partial charge < -0.3 is 140 Å². The number of phenolic OH excluding ortho intramolecular Hbond substituents is 1. The third kappa shape index (κ3) is 47.4. The largest absolute Gasteiger partial charge is 0.508 e. The van der Waals surface area contributed by atoms with Gasteiger partial charge in [0.05, 0.1) is 148 Å². The summed E-state index contributed by atoms with van der Waals surface area (Å²) in [6.07, 6.45) is 4.38. The third-order valence-corrected chi connectivity index (χ3v) is 25.5. The van der Waals surface area contributed by atoms with Crippen LogP contribution in [0.3, 0.4) is 0 Å². The first kappa shape index (κ1) is 120. The molecule has 17 atom stereocenters. The van der Waals surface area contributed by atoms with Crippen LogP contribution in [0.15, 0.2) is 36.4 Å². The van der Waals surface area contributed by atoms with Crippen molar-refractivity contribution in [2.45, 2.75) is 298 Å². The second kappa shape index (κ2) is 67.0. The highest BCUT2D eigenvalue weighted by Gasteiger charge is 2.46. The lowest BCUT2D eigenvalue weighted by Crippen LogP contribution is -2.65. The Morgan fingerprint density at radius 2 is 1.07 bits per heavy atom. The standard InChI is InChI=1S/C93H155N15O28S/c1-8-59(3)78(72(113)25-21-39-130-41-43-132-45-47-134-49-51-136-53-52-135-50-48-133-46-44-131-42-40-129-38-20-23-64(111)22-14-15-26-74-81-71(58-137-74)102-91(128)106-81)103-84(121)69(32-34-76(97)116)100-85(122)70(56-77(117)118)101-87(124)79(60(4)9-2)104-89(126)92(6)35-17-12-10-11-13-18-36-93(7,108-86(123)68(24-16-19-37-94)99-83(120)66(95)54-62-27-29-65(112)30-28-62)90(127)105-80(61(5)110)88(125)98-67(31-33-75(96)115)73(114)55-63(57-109)82(119)107-92/h10-11,27-30,59-61,63,66-71,74,78-81,109-110,112H,8-9,12-26,31-58,94-95H2,1-7H3,(H2,96,115)(H2,97,116)(H,98,125)(H,99,120)(H,100,122)(H,101,124)(H,103,121)(H,104,126)(H,105,127)(H,107,119)(H,108,123)(H,117,118)(H2,102,106,128)/b11-10+/t59-,60-,61+,63-,66-,67-,68-,69-,70-,71-,74-,78-,79-,80-,81-,92-,93-/m0/s1. The van der Waals surface area contributed by atoms with Gasteiger partial charge in [-0.3, -0.25) is 71.9 Å². The van der Waals surface area contributed by atoms with Gasteiger partial charge in [0.2, 0.25) is 65.0 Å². The van der Waals surface area contributed by atoms with Crippen LogP contribution in [0.1, 0.15) is 215 Å². The van der Waals surface area contributed by atoms with Gasteiger partial charge in [0, 0.05) is 62.7 Å². The van der Waals surface area contributed by atoms with Crippen LogP contribution in [0.4, 0.5) is 4.79 Å². The monoisotopic (exact) mass is 1960 g/mol. The van der Waals surface area contributed by atoms with Crippen molar-refractivity contribution in [3.8, 4) is 5.75 Å². The van der Waals surface area contributed by atoms with Gasteiger partial charge in [-0.25, -0.2) is 4.79 Å². The maximum atomic E-state index is 15.1. The molecule has 43 nitrogen and oxygen atoms in total. The topological polar surface area (TPSA) is 664 Å². The number of nitrogens with two attached hydrogens (primary N) is 4. The fourth-order valence-electron chi connectivity index (χ4n) is 15.3. The van der Waals surface area contributed by atoms with Gasteiger partial charge in [-0.1, -0.05) is 71.2 Å². The molecule has 3 aliphatic rings. The van der Waals surface area contributed by atoms with E-state index in [9.17, 15) is 92.3 Å². The predicted octanol–water partition coefficient (Wildman–Crippen LogP) is 0.0484. The number of rotatable bonds is 67. The molecule has 0 unspecified atom stereocenters. The number of amides is 13. The Morgan fingerprint density at radius 1 is 0.555 bits per heavy atom. The van der Waals surface area contributed by atoms with E-state index in [0.29, 0.717) is 129 Å². The first-order chi connectivity index (χ1) is 65.4. The number of thioether (sulfide) groups is 1. The van der Waals surface area contributed by atoms with Crippen LogP contribution in [0.25, 0.3) is 0 Å². The molecule has 2 fully saturated rings. The van der Waals surface area contributed by atoms with E-state index >= 15 is 4.79 Å². The molecule has 3 aliphatic heterocycles. The molecular weight excluding hydrogens is 1810 g/mol. The summed E-state index contributed by atoms with van der Waals surface area (Å²) < 4.78 is 44.7. The summed E-state index contributed by atoms with van der Waals surface area (Å²) in [7, 11) is 0. The number of primary amides is 2. The molecule has 1 aromatic carbocycles. The molecule has 0 aliphatic carbocycles. The number of carbonyl (C=O) groups is 16. The normalized spacial score (nSPS) is 21.8. The van der Waals surface area contributed by atoms with Crippen LogP contribution in [0.5, 0.6) is 5.75 Å². The number of hydrogen-bond donors (Lipinski definition) is 19. The number of nitrogens with one attached hydrogen (secondary N) is 11. The maximum absolute atomic E-state index is 15.1. The number of ketones is 3. The number of carboxylic acid groups (broad SMARTS) is 1. The van der Waals surface area contributed by atoms with Crippen LogP contribution in [0.2, 0.25) is 0 Å². The maximum Gasteiger partial charge on any atom is 0.315 e. The van der Waals surface area contributed by atoms with Crippen molar-refractivity contribution in [1.29, 1.82) is 0 Å². The number of hydrogen-bond acceptors (Lipinski definition) is 30. The average Bonchev–Trinajstić information content (AvgIpc) is 1.50. The first-order valence-corrected chi connectivity index (χ1v) is 49.1. The Labute approximate surface area is 807 Å². The molecule has 44 heteroatoms. The molecule has 0 aromatic heterocycles. The average molecular weight is 1960 g/mol. The van der Waals surface area contributed by atoms with E-state index in [0.717, 1.165) is 31.9 Å². The Morgan fingerprint density at radius 3 is 1.61 bits per heavy atom. The van der Waals surface area contributed by atoms with Crippen molar-refractivity contribution in [1.82, 2.24) is 58.5 Å². The predicted molar refractivity (Wildman–Crippen MR) is 505 cm³/mol. The van der Waals surface area contributed by atoms with Crippen LogP contribution in [0, 0.1) is 17.8 Å². The molecule has 3 heterocycles. The fourth-order valence-corrected chi connectivity index (χ4v) is 16.8. The summed E-state index contributed by atoms with van der Waals surface area (Å²) in [5, 5.41) is 71.4. The lowest BCUT2D eigenvalue weighted by atomic mass is 9.89. The molecule has 0 saturated carbocycles. The fraction of sp³-hybridized carbons (Fsp3) is 0.742. The number of urea groups is 1. The number of aliphatic hydroxyl groups is 2. The van der Waals surface area contributed by atoms with Gasteiger partial charge in [-0.2, -0.15) is 11.8 Å². The Bertz CT molecular complexity index is 3950. The van der Waals surface area contributed by atoms with Crippen molar-refractivity contribution >= 4 is 106 Å². The highest BCUT2D eigenvalue weighted by atomic mass is 32.2. The Hall–Kier alpha value is -9.45. The molecule has 0 spiro atoms. The SMILES string of the molecule is CC[C@H](C)[C@H](NC(=O)[C@H](CCC(N)=O)NC(=O)[C@H](CC(=O)O)NC(=O)[C@@H](NC(=O)[C@]1(C)CCC/C=C/CCC[C@](C)(NC(=O)[C@H](CCCCN)NC(=O)[C@@H](N)Cc2ccc(O)cc2)C(=O)N[C@@H]([C@@H](C)O)C(=O)N[C@@H](CCC(N)=O)C(=O)C[C@@H](CO)C(=O)N1)[C@@H](C)CC)C(=O)CCCOCCOCCOCCOCCOCCOCCOCCOCCCC(=O)CCCC[C@@H]1SC[C@@H]2NC(=O)N[C@@H]21. The molecule has 13 amide bonds. The number of aliphatic hydroxyl groups excluding tert-OH is 2. The van der Waals surface area contributed by atoms with Crippen molar-refractivity contribution in [3.05, 3.63) is 42.0 Å². The van der Waals surface area contributed by atoms with Crippen molar-refractivity contribution in [2.24, 2.45) is 40.7 Å². The van der Waals surface area contributed by atoms with Crippen LogP contribution >= 0.6 is 11.8 Å². The quantitative estimate of drug-likeness (QED) is 0.0233. The number of unbranched alkanes of at least 4 members (excludes halogenated alkanes) is 2. The van der Waals surface area contributed by atoms with Gasteiger partial charge in [0.25, 0.3) is 0 Å². The zero-order valence-electron chi connectivity index (χ0n) is 80.7. The summed E-state index contributed by atoms with van der Waals surface area (Å²) in [4.78, 5) is 220. The van der Waals surface area contributed by atoms with Gasteiger partial charge in [-0.15, -0.1) is 0 Å². The number of allylic oxidation sites excluding steroid dienone is 2. The van der Waals surface area contributed by atoms with E-state index in [4.69, 9.17) is 60.8 Å². The van der Waals surface area contributed by atoms with Crippen LogP contribution in [-0.4, -0.2) is 322 Å². The smallest absolute Gasteiger partial charge is 0.315 e. The number of phenols is 1.